The largest absolute Gasteiger partial charge is 0.493 e. The quantitative estimate of drug-likeness (QED) is 0.820. The van der Waals surface area contributed by atoms with E-state index in [0.29, 0.717) is 12.6 Å². The van der Waals surface area contributed by atoms with E-state index in [0.717, 1.165) is 18.0 Å². The number of nitrogens with two attached hydrogens (primary N) is 1. The lowest BCUT2D eigenvalue weighted by atomic mass is 10.0. The average molecular weight is 264 g/mol. The Balaban J connectivity index is 2.26. The van der Waals surface area contributed by atoms with Crippen LogP contribution in [0.5, 0.6) is 11.5 Å². The van der Waals surface area contributed by atoms with Crippen molar-refractivity contribution < 1.29 is 9.47 Å². The second kappa shape index (κ2) is 6.26. The van der Waals surface area contributed by atoms with Crippen LogP contribution in [-0.4, -0.2) is 38.3 Å². The summed E-state index contributed by atoms with van der Waals surface area (Å²) in [5.74, 6) is 1.53. The zero-order chi connectivity index (χ0) is 13.8. The first-order chi connectivity index (χ1) is 9.24. The molecule has 19 heavy (non-hydrogen) atoms. The average Bonchev–Trinajstić information content (AvgIpc) is 3.28. The lowest BCUT2D eigenvalue weighted by Crippen LogP contribution is -2.35. The number of ether oxygens (including phenoxy) is 2. The van der Waals surface area contributed by atoms with E-state index in [1.165, 1.54) is 18.4 Å². The van der Waals surface area contributed by atoms with E-state index < -0.39 is 0 Å². The maximum Gasteiger partial charge on any atom is 0.161 e. The van der Waals surface area contributed by atoms with Crippen LogP contribution in [0.25, 0.3) is 0 Å². The molecule has 1 aromatic rings. The molecule has 0 aromatic heterocycles. The van der Waals surface area contributed by atoms with Gasteiger partial charge in [-0.2, -0.15) is 0 Å². The van der Waals surface area contributed by atoms with Crippen LogP contribution >= 0.6 is 0 Å². The van der Waals surface area contributed by atoms with E-state index >= 15 is 0 Å². The normalized spacial score (nSPS) is 16.5. The highest BCUT2D eigenvalue weighted by molar-refractivity contribution is 5.44. The fourth-order valence-corrected chi connectivity index (χ4v) is 2.66. The Morgan fingerprint density at radius 3 is 2.42 bits per heavy atom. The standard InChI is InChI=1S/C15H24N2O2/c1-4-17(12-6-7-12)13(10-16)11-5-8-14(18-2)15(9-11)19-3/h5,8-9,12-13H,4,6-7,10,16H2,1-3H3. The van der Waals surface area contributed by atoms with Crippen molar-refractivity contribution in [1.82, 2.24) is 4.90 Å². The number of nitrogens with zero attached hydrogens (tertiary/aromatic N) is 1. The Labute approximate surface area is 115 Å². The first-order valence-electron chi connectivity index (χ1n) is 6.92. The SMILES string of the molecule is CCN(C1CC1)C(CN)c1ccc(OC)c(OC)c1. The van der Waals surface area contributed by atoms with E-state index in [9.17, 15) is 0 Å². The van der Waals surface area contributed by atoms with Gasteiger partial charge < -0.3 is 15.2 Å². The number of hydrogen-bond acceptors (Lipinski definition) is 4. The van der Waals surface area contributed by atoms with E-state index in [-0.39, 0.29) is 6.04 Å². The van der Waals surface area contributed by atoms with Gasteiger partial charge >= 0.3 is 0 Å². The topological polar surface area (TPSA) is 47.7 Å². The van der Waals surface area contributed by atoms with Gasteiger partial charge in [-0.05, 0) is 37.1 Å². The molecule has 2 rings (SSSR count). The van der Waals surface area contributed by atoms with Crippen LogP contribution in [0.1, 0.15) is 31.4 Å². The van der Waals surface area contributed by atoms with Crippen LogP contribution in [0.4, 0.5) is 0 Å². The summed E-state index contributed by atoms with van der Waals surface area (Å²) in [6.45, 7) is 3.85. The summed E-state index contributed by atoms with van der Waals surface area (Å²) in [5, 5.41) is 0. The van der Waals surface area contributed by atoms with Crippen molar-refractivity contribution in [2.45, 2.75) is 31.8 Å². The smallest absolute Gasteiger partial charge is 0.161 e. The monoisotopic (exact) mass is 264 g/mol. The summed E-state index contributed by atoms with van der Waals surface area (Å²) in [5.41, 5.74) is 7.20. The third-order valence-corrected chi connectivity index (χ3v) is 3.80. The summed E-state index contributed by atoms with van der Waals surface area (Å²) in [6.07, 6.45) is 2.58. The van der Waals surface area contributed by atoms with Crippen molar-refractivity contribution in [1.29, 1.82) is 0 Å². The van der Waals surface area contributed by atoms with Crippen molar-refractivity contribution in [3.8, 4) is 11.5 Å². The van der Waals surface area contributed by atoms with Crippen molar-refractivity contribution in [3.05, 3.63) is 23.8 Å². The predicted molar refractivity (Wildman–Crippen MR) is 76.7 cm³/mol. The van der Waals surface area contributed by atoms with E-state index in [1.807, 2.05) is 12.1 Å². The second-order valence-corrected chi connectivity index (χ2v) is 4.93. The summed E-state index contributed by atoms with van der Waals surface area (Å²) in [4.78, 5) is 2.49. The third kappa shape index (κ3) is 3.01. The maximum absolute atomic E-state index is 6.00. The van der Waals surface area contributed by atoms with Crippen molar-refractivity contribution in [3.63, 3.8) is 0 Å². The Morgan fingerprint density at radius 1 is 1.26 bits per heavy atom. The number of likely N-dealkylation sites (N-methyl/N-ethyl adjacent to an activating group) is 1. The van der Waals surface area contributed by atoms with Crippen LogP contribution in [-0.2, 0) is 0 Å². The lowest BCUT2D eigenvalue weighted by Gasteiger charge is -2.30. The van der Waals surface area contributed by atoms with Gasteiger partial charge in [0.05, 0.1) is 14.2 Å². The molecule has 1 atom stereocenters. The van der Waals surface area contributed by atoms with Crippen LogP contribution in [0, 0.1) is 0 Å². The molecule has 0 bridgehead atoms. The van der Waals surface area contributed by atoms with Crippen LogP contribution in [0.3, 0.4) is 0 Å². The Bertz CT molecular complexity index is 419. The number of hydrogen-bond donors (Lipinski definition) is 1. The number of rotatable bonds is 7. The highest BCUT2D eigenvalue weighted by atomic mass is 16.5. The molecule has 0 radical (unpaired) electrons. The van der Waals surface area contributed by atoms with E-state index in [1.54, 1.807) is 14.2 Å². The molecule has 4 heteroatoms. The van der Waals surface area contributed by atoms with Crippen molar-refractivity contribution >= 4 is 0 Å². The van der Waals surface area contributed by atoms with Gasteiger partial charge in [0.25, 0.3) is 0 Å². The molecule has 0 heterocycles. The minimum Gasteiger partial charge on any atom is -0.493 e. The molecule has 1 aromatic carbocycles. The minimum atomic E-state index is 0.261. The summed E-state index contributed by atoms with van der Waals surface area (Å²) < 4.78 is 10.7. The van der Waals surface area contributed by atoms with Gasteiger partial charge in [-0.15, -0.1) is 0 Å². The van der Waals surface area contributed by atoms with Gasteiger partial charge in [0.2, 0.25) is 0 Å². The van der Waals surface area contributed by atoms with E-state index in [4.69, 9.17) is 15.2 Å². The Morgan fingerprint density at radius 2 is 1.95 bits per heavy atom. The van der Waals surface area contributed by atoms with Gasteiger partial charge in [0.15, 0.2) is 11.5 Å². The molecular weight excluding hydrogens is 240 g/mol. The number of benzene rings is 1. The fourth-order valence-electron chi connectivity index (χ4n) is 2.66. The summed E-state index contributed by atoms with van der Waals surface area (Å²) in [6, 6.07) is 7.05. The molecule has 1 aliphatic rings. The Hall–Kier alpha value is -1.26. The highest BCUT2D eigenvalue weighted by Crippen LogP contribution is 2.36. The fraction of sp³-hybridized carbons (Fsp3) is 0.600. The van der Waals surface area contributed by atoms with Crippen LogP contribution in [0.15, 0.2) is 18.2 Å². The maximum atomic E-state index is 6.00. The molecule has 0 saturated heterocycles. The molecule has 1 saturated carbocycles. The molecule has 1 fully saturated rings. The predicted octanol–water partition coefficient (Wildman–Crippen LogP) is 2.19. The molecular formula is C15H24N2O2. The second-order valence-electron chi connectivity index (χ2n) is 4.93. The van der Waals surface area contributed by atoms with Crippen LogP contribution in [0.2, 0.25) is 0 Å². The molecule has 0 amide bonds. The molecule has 2 N–H and O–H groups in total. The summed E-state index contributed by atoms with van der Waals surface area (Å²) >= 11 is 0. The van der Waals surface area contributed by atoms with E-state index in [2.05, 4.69) is 17.9 Å². The summed E-state index contributed by atoms with van der Waals surface area (Å²) in [7, 11) is 3.32. The first-order valence-corrected chi connectivity index (χ1v) is 6.92. The first kappa shape index (κ1) is 14.2. The molecule has 1 unspecified atom stereocenters. The van der Waals surface area contributed by atoms with Gasteiger partial charge in [0, 0.05) is 18.6 Å². The van der Waals surface area contributed by atoms with Crippen molar-refractivity contribution in [2.75, 3.05) is 27.3 Å². The van der Waals surface area contributed by atoms with Crippen LogP contribution < -0.4 is 15.2 Å². The molecule has 4 nitrogen and oxygen atoms in total. The highest BCUT2D eigenvalue weighted by Gasteiger charge is 2.33. The minimum absolute atomic E-state index is 0.261. The molecule has 106 valence electrons. The van der Waals surface area contributed by atoms with Gasteiger partial charge in [0.1, 0.15) is 0 Å². The Kier molecular flexibility index (Phi) is 4.66. The third-order valence-electron chi connectivity index (χ3n) is 3.80. The lowest BCUT2D eigenvalue weighted by molar-refractivity contribution is 0.201. The van der Waals surface area contributed by atoms with Crippen molar-refractivity contribution in [2.24, 2.45) is 5.73 Å². The zero-order valence-electron chi connectivity index (χ0n) is 12.1. The van der Waals surface area contributed by atoms with Gasteiger partial charge in [-0.25, -0.2) is 0 Å². The molecule has 1 aliphatic carbocycles. The zero-order valence-corrected chi connectivity index (χ0v) is 12.1. The van der Waals surface area contributed by atoms with Gasteiger partial charge in [-0.1, -0.05) is 13.0 Å². The van der Waals surface area contributed by atoms with Gasteiger partial charge in [-0.3, -0.25) is 4.90 Å². The number of methoxy groups -OCH3 is 2. The molecule has 0 spiro atoms. The molecule has 0 aliphatic heterocycles.